The molecule has 0 bridgehead atoms. The molecule has 1 saturated heterocycles. The van der Waals surface area contributed by atoms with Gasteiger partial charge in [-0.25, -0.2) is 4.72 Å². The molecule has 1 aliphatic rings. The van der Waals surface area contributed by atoms with E-state index in [1.54, 1.807) is 6.92 Å². The van der Waals surface area contributed by atoms with E-state index in [2.05, 4.69) is 10.0 Å². The number of hydrogen-bond donors (Lipinski definition) is 2. The summed E-state index contributed by atoms with van der Waals surface area (Å²) in [5.41, 5.74) is -0.348. The third kappa shape index (κ3) is 2.44. The lowest BCUT2D eigenvalue weighted by molar-refractivity contribution is 0.184. The molecular formula is C8H19N3O2S. The van der Waals surface area contributed by atoms with E-state index in [9.17, 15) is 8.42 Å². The van der Waals surface area contributed by atoms with Gasteiger partial charge < -0.3 is 5.32 Å². The van der Waals surface area contributed by atoms with Crippen molar-refractivity contribution in [2.75, 3.05) is 26.2 Å². The molecule has 1 heterocycles. The molecule has 0 atom stereocenters. The van der Waals surface area contributed by atoms with Gasteiger partial charge in [0.25, 0.3) is 10.2 Å². The highest BCUT2D eigenvalue weighted by atomic mass is 32.2. The Morgan fingerprint density at radius 3 is 2.64 bits per heavy atom. The van der Waals surface area contributed by atoms with Crippen molar-refractivity contribution in [2.24, 2.45) is 0 Å². The molecule has 1 fully saturated rings. The van der Waals surface area contributed by atoms with Crippen LogP contribution in [0.4, 0.5) is 0 Å². The van der Waals surface area contributed by atoms with Crippen molar-refractivity contribution in [3.63, 3.8) is 0 Å². The monoisotopic (exact) mass is 221 g/mol. The van der Waals surface area contributed by atoms with Crippen LogP contribution in [0.1, 0.15) is 20.8 Å². The number of piperazine rings is 1. The van der Waals surface area contributed by atoms with Crippen molar-refractivity contribution in [1.29, 1.82) is 0 Å². The second-order valence-electron chi connectivity index (χ2n) is 4.06. The van der Waals surface area contributed by atoms with Gasteiger partial charge in [-0.15, -0.1) is 0 Å². The van der Waals surface area contributed by atoms with Crippen molar-refractivity contribution in [1.82, 2.24) is 14.3 Å². The first kappa shape index (κ1) is 11.9. The molecule has 0 aromatic rings. The predicted molar refractivity (Wildman–Crippen MR) is 56.3 cm³/mol. The molecule has 5 nitrogen and oxygen atoms in total. The lowest BCUT2D eigenvalue weighted by Crippen LogP contribution is -2.61. The Labute approximate surface area is 86.0 Å². The second kappa shape index (κ2) is 4.14. The summed E-state index contributed by atoms with van der Waals surface area (Å²) >= 11 is 0. The molecule has 6 heteroatoms. The lowest BCUT2D eigenvalue weighted by Gasteiger charge is -2.41. The van der Waals surface area contributed by atoms with Crippen LogP contribution in [0.3, 0.4) is 0 Å². The van der Waals surface area contributed by atoms with Crippen LogP contribution >= 0.6 is 0 Å². The van der Waals surface area contributed by atoms with Gasteiger partial charge >= 0.3 is 0 Å². The van der Waals surface area contributed by atoms with Gasteiger partial charge in [-0.05, 0) is 13.8 Å². The van der Waals surface area contributed by atoms with Crippen molar-refractivity contribution in [3.8, 4) is 0 Å². The highest BCUT2D eigenvalue weighted by Crippen LogP contribution is 2.19. The largest absolute Gasteiger partial charge is 0.314 e. The Morgan fingerprint density at radius 2 is 2.14 bits per heavy atom. The maximum atomic E-state index is 11.8. The summed E-state index contributed by atoms with van der Waals surface area (Å²) in [6.07, 6.45) is 0. The Kier molecular flexibility index (Phi) is 3.52. The second-order valence-corrected chi connectivity index (χ2v) is 5.74. The quantitative estimate of drug-likeness (QED) is 0.677. The van der Waals surface area contributed by atoms with Crippen LogP contribution in [0.2, 0.25) is 0 Å². The molecular weight excluding hydrogens is 202 g/mol. The van der Waals surface area contributed by atoms with E-state index in [0.29, 0.717) is 26.2 Å². The molecule has 0 saturated carbocycles. The zero-order valence-electron chi connectivity index (χ0n) is 9.00. The maximum absolute atomic E-state index is 11.8. The fourth-order valence-corrected chi connectivity index (χ4v) is 3.24. The van der Waals surface area contributed by atoms with Crippen LogP contribution < -0.4 is 10.0 Å². The van der Waals surface area contributed by atoms with Gasteiger partial charge in [0.15, 0.2) is 0 Å². The van der Waals surface area contributed by atoms with E-state index in [1.807, 2.05) is 13.8 Å². The summed E-state index contributed by atoms with van der Waals surface area (Å²) in [7, 11) is -3.30. The predicted octanol–water partition coefficient (Wildman–Crippen LogP) is -0.475. The number of rotatable bonds is 3. The van der Waals surface area contributed by atoms with Gasteiger partial charge in [0.1, 0.15) is 0 Å². The molecule has 0 aromatic heterocycles. The minimum atomic E-state index is -3.30. The van der Waals surface area contributed by atoms with Gasteiger partial charge in [0.05, 0.1) is 0 Å². The zero-order valence-corrected chi connectivity index (χ0v) is 9.82. The molecule has 0 spiro atoms. The van der Waals surface area contributed by atoms with Crippen LogP contribution in [0, 0.1) is 0 Å². The molecule has 84 valence electrons. The number of hydrogen-bond acceptors (Lipinski definition) is 3. The van der Waals surface area contributed by atoms with Gasteiger partial charge in [0.2, 0.25) is 0 Å². The first-order chi connectivity index (χ1) is 6.40. The van der Waals surface area contributed by atoms with E-state index in [1.165, 1.54) is 4.31 Å². The highest BCUT2D eigenvalue weighted by molar-refractivity contribution is 7.87. The first-order valence-electron chi connectivity index (χ1n) is 4.88. The molecule has 0 aromatic carbocycles. The topological polar surface area (TPSA) is 61.4 Å². The molecule has 1 rings (SSSR count). The summed E-state index contributed by atoms with van der Waals surface area (Å²) < 4.78 is 27.6. The van der Waals surface area contributed by atoms with E-state index < -0.39 is 10.2 Å². The molecule has 1 aliphatic heterocycles. The Bertz CT molecular complexity index is 287. The standard InChI is InChI=1S/C8H19N3O2S/c1-4-10-14(12,13)11-6-5-9-7-8(11,2)3/h9-10H,4-7H2,1-3H3. The molecule has 14 heavy (non-hydrogen) atoms. The normalized spacial score (nSPS) is 23.6. The summed E-state index contributed by atoms with van der Waals surface area (Å²) in [5.74, 6) is 0. The Hall–Kier alpha value is -0.170. The van der Waals surface area contributed by atoms with Crippen molar-refractivity contribution in [2.45, 2.75) is 26.3 Å². The van der Waals surface area contributed by atoms with Crippen molar-refractivity contribution in [3.05, 3.63) is 0 Å². The van der Waals surface area contributed by atoms with Crippen LogP contribution in [0.5, 0.6) is 0 Å². The summed E-state index contributed by atoms with van der Waals surface area (Å²) in [6.45, 7) is 8.01. The Balaban J connectivity index is 2.84. The summed E-state index contributed by atoms with van der Waals surface area (Å²) in [5, 5.41) is 3.19. The van der Waals surface area contributed by atoms with E-state index in [-0.39, 0.29) is 5.54 Å². The number of nitrogens with one attached hydrogen (secondary N) is 2. The fourth-order valence-electron chi connectivity index (χ4n) is 1.67. The van der Waals surface area contributed by atoms with Crippen LogP contribution in [-0.4, -0.2) is 44.4 Å². The minimum absolute atomic E-state index is 0.348. The highest BCUT2D eigenvalue weighted by Gasteiger charge is 2.37. The first-order valence-corrected chi connectivity index (χ1v) is 6.32. The summed E-state index contributed by atoms with van der Waals surface area (Å²) in [4.78, 5) is 0. The van der Waals surface area contributed by atoms with Crippen molar-refractivity contribution < 1.29 is 8.42 Å². The SMILES string of the molecule is CCNS(=O)(=O)N1CCNCC1(C)C. The zero-order chi connectivity index (χ0) is 10.8. The van der Waals surface area contributed by atoms with Gasteiger partial charge in [-0.3, -0.25) is 0 Å². The Morgan fingerprint density at radius 1 is 1.50 bits per heavy atom. The summed E-state index contributed by atoms with van der Waals surface area (Å²) in [6, 6.07) is 0. The smallest absolute Gasteiger partial charge is 0.280 e. The minimum Gasteiger partial charge on any atom is -0.314 e. The van der Waals surface area contributed by atoms with Crippen LogP contribution in [0.15, 0.2) is 0 Å². The fraction of sp³-hybridized carbons (Fsp3) is 1.00. The lowest BCUT2D eigenvalue weighted by atomic mass is 10.0. The van der Waals surface area contributed by atoms with Gasteiger partial charge in [-0.2, -0.15) is 12.7 Å². The average molecular weight is 221 g/mol. The van der Waals surface area contributed by atoms with Gasteiger partial charge in [0, 0.05) is 31.7 Å². The van der Waals surface area contributed by atoms with E-state index in [0.717, 1.165) is 0 Å². The van der Waals surface area contributed by atoms with E-state index in [4.69, 9.17) is 0 Å². The van der Waals surface area contributed by atoms with Crippen LogP contribution in [0.25, 0.3) is 0 Å². The molecule has 2 N–H and O–H groups in total. The third-order valence-corrected chi connectivity index (χ3v) is 4.25. The average Bonchev–Trinajstić information content (AvgIpc) is 2.02. The number of nitrogens with zero attached hydrogens (tertiary/aromatic N) is 1. The third-order valence-electron chi connectivity index (χ3n) is 2.34. The molecule has 0 amide bonds. The van der Waals surface area contributed by atoms with E-state index >= 15 is 0 Å². The molecule has 0 aliphatic carbocycles. The van der Waals surface area contributed by atoms with Crippen LogP contribution in [-0.2, 0) is 10.2 Å². The molecule has 0 unspecified atom stereocenters. The molecule has 0 radical (unpaired) electrons. The van der Waals surface area contributed by atoms with Crippen molar-refractivity contribution >= 4 is 10.2 Å². The van der Waals surface area contributed by atoms with Gasteiger partial charge in [-0.1, -0.05) is 6.92 Å². The maximum Gasteiger partial charge on any atom is 0.280 e.